The lowest BCUT2D eigenvalue weighted by Crippen LogP contribution is -2.26. The maximum atomic E-state index is 11.7. The van der Waals surface area contributed by atoms with Crippen LogP contribution >= 0.6 is 0 Å². The maximum Gasteiger partial charge on any atom is 0.305 e. The number of nitrogens with one attached hydrogen (secondary N) is 1. The van der Waals surface area contributed by atoms with Gasteiger partial charge in [0.15, 0.2) is 0 Å². The van der Waals surface area contributed by atoms with Crippen LogP contribution in [0.15, 0.2) is 24.3 Å². The fourth-order valence-corrected chi connectivity index (χ4v) is 1.94. The minimum Gasteiger partial charge on any atom is -0.508 e. The molecule has 0 atom stereocenters. The van der Waals surface area contributed by atoms with E-state index in [-0.39, 0.29) is 17.6 Å². The average Bonchev–Trinajstić information content (AvgIpc) is 2.48. The SMILES string of the molecule is COC(=O)CCCCCCNC(=O)Cc1ccc(O)cc1. The molecule has 1 amide bonds. The summed E-state index contributed by atoms with van der Waals surface area (Å²) in [5.74, 6) is 0.0126. The van der Waals surface area contributed by atoms with Crippen LogP contribution in [-0.4, -0.2) is 30.6 Å². The Morgan fingerprint density at radius 2 is 1.76 bits per heavy atom. The summed E-state index contributed by atoms with van der Waals surface area (Å²) in [6.07, 6.45) is 4.46. The van der Waals surface area contributed by atoms with Gasteiger partial charge in [0.25, 0.3) is 0 Å². The first kappa shape index (κ1) is 17.0. The molecule has 0 spiro atoms. The van der Waals surface area contributed by atoms with Gasteiger partial charge in [0, 0.05) is 13.0 Å². The van der Waals surface area contributed by atoms with Crippen molar-refractivity contribution in [3.8, 4) is 5.75 Å². The molecule has 5 nitrogen and oxygen atoms in total. The Bertz CT molecular complexity index is 442. The third-order valence-corrected chi connectivity index (χ3v) is 3.16. The number of esters is 1. The van der Waals surface area contributed by atoms with Gasteiger partial charge in [0.05, 0.1) is 13.5 Å². The van der Waals surface area contributed by atoms with E-state index in [4.69, 9.17) is 5.11 Å². The Hall–Kier alpha value is -2.04. The molecule has 0 aliphatic heterocycles. The minimum absolute atomic E-state index is 0.0183. The van der Waals surface area contributed by atoms with E-state index in [1.807, 2.05) is 0 Å². The van der Waals surface area contributed by atoms with Crippen molar-refractivity contribution in [2.75, 3.05) is 13.7 Å². The van der Waals surface area contributed by atoms with Crippen LogP contribution in [0.3, 0.4) is 0 Å². The second-order valence-corrected chi connectivity index (χ2v) is 4.93. The van der Waals surface area contributed by atoms with Crippen LogP contribution in [0.4, 0.5) is 0 Å². The second kappa shape index (κ2) is 9.80. The normalized spacial score (nSPS) is 10.1. The summed E-state index contributed by atoms with van der Waals surface area (Å²) in [4.78, 5) is 22.6. The molecule has 1 aromatic rings. The number of phenols is 1. The molecular weight excluding hydrogens is 270 g/mol. The number of aromatic hydroxyl groups is 1. The largest absolute Gasteiger partial charge is 0.508 e. The van der Waals surface area contributed by atoms with Gasteiger partial charge in [-0.2, -0.15) is 0 Å². The molecule has 0 radical (unpaired) electrons. The standard InChI is InChI=1S/C16H23NO4/c1-21-16(20)6-4-2-3-5-11-17-15(19)12-13-7-9-14(18)10-8-13/h7-10,18H,2-6,11-12H2,1H3,(H,17,19). The Balaban J connectivity index is 2.03. The van der Waals surface area contributed by atoms with E-state index >= 15 is 0 Å². The van der Waals surface area contributed by atoms with Crippen LogP contribution in [0.2, 0.25) is 0 Å². The van der Waals surface area contributed by atoms with Gasteiger partial charge in [-0.15, -0.1) is 0 Å². The van der Waals surface area contributed by atoms with E-state index in [1.54, 1.807) is 24.3 Å². The maximum absolute atomic E-state index is 11.7. The van der Waals surface area contributed by atoms with Crippen LogP contribution in [0.25, 0.3) is 0 Å². The molecule has 116 valence electrons. The molecule has 21 heavy (non-hydrogen) atoms. The van der Waals surface area contributed by atoms with Gasteiger partial charge in [0.1, 0.15) is 5.75 Å². The highest BCUT2D eigenvalue weighted by Gasteiger charge is 2.03. The first-order valence-electron chi connectivity index (χ1n) is 7.23. The molecule has 0 bridgehead atoms. The van der Waals surface area contributed by atoms with E-state index in [1.165, 1.54) is 7.11 Å². The lowest BCUT2D eigenvalue weighted by molar-refractivity contribution is -0.140. The highest BCUT2D eigenvalue weighted by Crippen LogP contribution is 2.10. The average molecular weight is 293 g/mol. The second-order valence-electron chi connectivity index (χ2n) is 4.93. The predicted molar refractivity (Wildman–Crippen MR) is 79.9 cm³/mol. The van der Waals surface area contributed by atoms with Crippen molar-refractivity contribution >= 4 is 11.9 Å². The minimum atomic E-state index is -0.169. The first-order valence-corrected chi connectivity index (χ1v) is 7.23. The molecule has 0 aliphatic carbocycles. The van der Waals surface area contributed by atoms with Crippen LogP contribution < -0.4 is 5.32 Å². The summed E-state index contributed by atoms with van der Waals surface area (Å²) in [7, 11) is 1.39. The quantitative estimate of drug-likeness (QED) is 0.540. The smallest absolute Gasteiger partial charge is 0.305 e. The number of benzene rings is 1. The number of unbranched alkanes of at least 4 members (excludes halogenated alkanes) is 3. The molecule has 2 N–H and O–H groups in total. The van der Waals surface area contributed by atoms with Crippen molar-refractivity contribution < 1.29 is 19.4 Å². The van der Waals surface area contributed by atoms with Crippen molar-refractivity contribution in [1.82, 2.24) is 5.32 Å². The van der Waals surface area contributed by atoms with E-state index in [2.05, 4.69) is 10.1 Å². The molecule has 0 aromatic heterocycles. The molecule has 0 saturated carbocycles. The van der Waals surface area contributed by atoms with Crippen molar-refractivity contribution in [2.45, 2.75) is 38.5 Å². The molecule has 0 unspecified atom stereocenters. The fraction of sp³-hybridized carbons (Fsp3) is 0.500. The monoisotopic (exact) mass is 293 g/mol. The fourth-order valence-electron chi connectivity index (χ4n) is 1.94. The Morgan fingerprint density at radius 3 is 2.43 bits per heavy atom. The Kier molecular flexibility index (Phi) is 7.94. The van der Waals surface area contributed by atoms with Gasteiger partial charge in [-0.1, -0.05) is 25.0 Å². The summed E-state index contributed by atoms with van der Waals surface area (Å²) in [5.41, 5.74) is 0.878. The van der Waals surface area contributed by atoms with Gasteiger partial charge in [-0.3, -0.25) is 9.59 Å². The molecule has 0 saturated heterocycles. The van der Waals surface area contributed by atoms with Crippen molar-refractivity contribution in [1.29, 1.82) is 0 Å². The van der Waals surface area contributed by atoms with Gasteiger partial charge >= 0.3 is 5.97 Å². The molecular formula is C16H23NO4. The van der Waals surface area contributed by atoms with Gasteiger partial charge in [-0.25, -0.2) is 0 Å². The molecule has 5 heteroatoms. The van der Waals surface area contributed by atoms with Crippen LogP contribution in [0.5, 0.6) is 5.75 Å². The molecule has 0 fully saturated rings. The number of amides is 1. The van der Waals surface area contributed by atoms with E-state index < -0.39 is 0 Å². The summed E-state index contributed by atoms with van der Waals surface area (Å²) in [6, 6.07) is 6.62. The zero-order valence-corrected chi connectivity index (χ0v) is 12.4. The number of carbonyl (C=O) groups excluding carboxylic acids is 2. The number of hydrogen-bond donors (Lipinski definition) is 2. The summed E-state index contributed by atoms with van der Waals surface area (Å²) < 4.78 is 4.56. The van der Waals surface area contributed by atoms with Crippen molar-refractivity contribution in [3.05, 3.63) is 29.8 Å². The Labute approximate surface area is 125 Å². The van der Waals surface area contributed by atoms with E-state index in [9.17, 15) is 9.59 Å². The number of phenolic OH excluding ortho intramolecular Hbond substituents is 1. The lowest BCUT2D eigenvalue weighted by atomic mass is 10.1. The highest BCUT2D eigenvalue weighted by molar-refractivity contribution is 5.78. The summed E-state index contributed by atoms with van der Waals surface area (Å²) in [5, 5.41) is 12.0. The number of methoxy groups -OCH3 is 1. The van der Waals surface area contributed by atoms with E-state index in [0.29, 0.717) is 19.4 Å². The van der Waals surface area contributed by atoms with Crippen LogP contribution in [0, 0.1) is 0 Å². The van der Waals surface area contributed by atoms with E-state index in [0.717, 1.165) is 31.2 Å². The highest BCUT2D eigenvalue weighted by atomic mass is 16.5. The summed E-state index contributed by atoms with van der Waals surface area (Å²) >= 11 is 0. The molecule has 1 rings (SSSR count). The third kappa shape index (κ3) is 7.97. The summed E-state index contributed by atoms with van der Waals surface area (Å²) in [6.45, 7) is 0.648. The number of carbonyl (C=O) groups is 2. The van der Waals surface area contributed by atoms with Gasteiger partial charge in [0.2, 0.25) is 5.91 Å². The van der Waals surface area contributed by atoms with Gasteiger partial charge in [-0.05, 0) is 30.5 Å². The Morgan fingerprint density at radius 1 is 1.10 bits per heavy atom. The number of ether oxygens (including phenoxy) is 1. The lowest BCUT2D eigenvalue weighted by Gasteiger charge is -2.05. The first-order chi connectivity index (χ1) is 10.1. The molecule has 1 aromatic carbocycles. The zero-order chi connectivity index (χ0) is 15.5. The number of hydrogen-bond acceptors (Lipinski definition) is 4. The van der Waals surface area contributed by atoms with Crippen molar-refractivity contribution in [2.24, 2.45) is 0 Å². The van der Waals surface area contributed by atoms with Crippen molar-refractivity contribution in [3.63, 3.8) is 0 Å². The molecule has 0 heterocycles. The van der Waals surface area contributed by atoms with Crippen LogP contribution in [0.1, 0.15) is 37.7 Å². The number of rotatable bonds is 9. The predicted octanol–water partition coefficient (Wildman–Crippen LogP) is 2.17. The van der Waals surface area contributed by atoms with Crippen LogP contribution in [-0.2, 0) is 20.7 Å². The van der Waals surface area contributed by atoms with Gasteiger partial charge < -0.3 is 15.2 Å². The molecule has 0 aliphatic rings. The zero-order valence-electron chi connectivity index (χ0n) is 12.4. The third-order valence-electron chi connectivity index (χ3n) is 3.16. The topological polar surface area (TPSA) is 75.6 Å².